The number of imide groups is 1. The van der Waals surface area contributed by atoms with E-state index in [-0.39, 0.29) is 48.6 Å². The maximum Gasteiger partial charge on any atom is 0.325 e. The van der Waals surface area contributed by atoms with Gasteiger partial charge in [0.1, 0.15) is 6.04 Å². The van der Waals surface area contributed by atoms with Crippen molar-refractivity contribution in [3.63, 3.8) is 0 Å². The number of carbonyl (C=O) groups is 3. The number of pyridine rings is 1. The number of nitrogens with one attached hydrogen (secondary N) is 1. The van der Waals surface area contributed by atoms with E-state index in [2.05, 4.69) is 5.32 Å². The molecule has 3 aliphatic heterocycles. The highest BCUT2D eigenvalue weighted by atomic mass is 35.5. The molecule has 4 heterocycles. The molecule has 172 valence electrons. The van der Waals surface area contributed by atoms with Crippen LogP contribution in [0.1, 0.15) is 36.4 Å². The molecule has 8 nitrogen and oxygen atoms in total. The zero-order chi connectivity index (χ0) is 23.1. The van der Waals surface area contributed by atoms with Crippen LogP contribution in [0.5, 0.6) is 0 Å². The number of amides is 4. The van der Waals surface area contributed by atoms with Gasteiger partial charge in [-0.1, -0.05) is 29.8 Å². The van der Waals surface area contributed by atoms with Gasteiger partial charge in [-0.05, 0) is 42.5 Å². The molecule has 2 fully saturated rings. The maximum absolute atomic E-state index is 13.0. The Balaban J connectivity index is 1.19. The van der Waals surface area contributed by atoms with Crippen molar-refractivity contribution in [2.24, 2.45) is 5.92 Å². The first-order valence-electron chi connectivity index (χ1n) is 11.2. The molecule has 3 aliphatic rings. The van der Waals surface area contributed by atoms with Crippen molar-refractivity contribution in [2.75, 3.05) is 13.1 Å². The van der Waals surface area contributed by atoms with E-state index in [1.165, 1.54) is 4.90 Å². The molecule has 1 aromatic heterocycles. The first-order chi connectivity index (χ1) is 15.9. The lowest BCUT2D eigenvalue weighted by Crippen LogP contribution is -2.49. The predicted octanol–water partition coefficient (Wildman–Crippen LogP) is 2.35. The molecule has 9 heteroatoms. The smallest absolute Gasteiger partial charge is 0.325 e. The van der Waals surface area contributed by atoms with Gasteiger partial charge in [0.25, 0.3) is 11.5 Å². The molecular weight excluding hydrogens is 444 g/mol. The van der Waals surface area contributed by atoms with Crippen LogP contribution in [0.2, 0.25) is 5.02 Å². The Bertz CT molecular complexity index is 1180. The van der Waals surface area contributed by atoms with Crippen LogP contribution in [0.3, 0.4) is 0 Å². The van der Waals surface area contributed by atoms with Crippen molar-refractivity contribution in [3.05, 3.63) is 69.1 Å². The summed E-state index contributed by atoms with van der Waals surface area (Å²) in [7, 11) is 0. The molecule has 0 aliphatic carbocycles. The first-order valence-corrected chi connectivity index (χ1v) is 11.6. The number of likely N-dealkylation sites (tertiary alicyclic amines) is 1. The van der Waals surface area contributed by atoms with Gasteiger partial charge in [0.2, 0.25) is 5.91 Å². The summed E-state index contributed by atoms with van der Waals surface area (Å²) in [6.07, 6.45) is 1.42. The Labute approximate surface area is 196 Å². The number of rotatable bonds is 5. The van der Waals surface area contributed by atoms with Crippen molar-refractivity contribution in [2.45, 2.75) is 44.3 Å². The fourth-order valence-electron chi connectivity index (χ4n) is 5.27. The van der Waals surface area contributed by atoms with Gasteiger partial charge in [0.15, 0.2) is 0 Å². The summed E-state index contributed by atoms with van der Waals surface area (Å²) in [5.41, 5.74) is 1.77. The average molecular weight is 469 g/mol. The summed E-state index contributed by atoms with van der Waals surface area (Å²) in [6.45, 7) is 1.96. The number of aromatic nitrogens is 1. The minimum atomic E-state index is -0.704. The number of hydrogen-bond donors (Lipinski definition) is 1. The van der Waals surface area contributed by atoms with E-state index in [1.54, 1.807) is 30.3 Å². The Morgan fingerprint density at radius 3 is 2.70 bits per heavy atom. The van der Waals surface area contributed by atoms with Crippen LogP contribution in [0, 0.1) is 5.92 Å². The zero-order valence-electron chi connectivity index (χ0n) is 18.1. The van der Waals surface area contributed by atoms with Crippen molar-refractivity contribution in [3.8, 4) is 0 Å². The third-order valence-electron chi connectivity index (χ3n) is 6.82. The van der Waals surface area contributed by atoms with E-state index in [1.807, 2.05) is 21.6 Å². The summed E-state index contributed by atoms with van der Waals surface area (Å²) < 4.78 is 1.84. The number of fused-ring (bicyclic) bond motifs is 4. The maximum atomic E-state index is 13.0. The summed E-state index contributed by atoms with van der Waals surface area (Å²) in [5, 5.41) is 3.24. The highest BCUT2D eigenvalue weighted by Gasteiger charge is 2.39. The minimum Gasteiger partial charge on any atom is -0.342 e. The largest absolute Gasteiger partial charge is 0.342 e. The van der Waals surface area contributed by atoms with Crippen LogP contribution in [-0.2, 0) is 22.7 Å². The Hall–Kier alpha value is -3.13. The summed E-state index contributed by atoms with van der Waals surface area (Å²) in [6, 6.07) is 11.2. The normalized spacial score (nSPS) is 24.0. The van der Waals surface area contributed by atoms with Crippen molar-refractivity contribution < 1.29 is 14.4 Å². The molecule has 2 bridgehead atoms. The molecule has 4 amide bonds. The van der Waals surface area contributed by atoms with Gasteiger partial charge in [-0.15, -0.1) is 0 Å². The quantitative estimate of drug-likeness (QED) is 0.682. The van der Waals surface area contributed by atoms with Gasteiger partial charge in [-0.3, -0.25) is 19.3 Å². The van der Waals surface area contributed by atoms with Gasteiger partial charge < -0.3 is 14.8 Å². The van der Waals surface area contributed by atoms with E-state index in [4.69, 9.17) is 11.6 Å². The molecular formula is C24H25ClN4O4. The molecule has 1 unspecified atom stereocenters. The standard InChI is InChI=1S/C24H25ClN4O4/c25-18-4-1-3-15(10-18)12-29-23(32)19(26-24(29)33)7-8-21(30)27-11-16-9-17(14-27)20-5-2-6-22(31)28(20)13-16/h1-6,10,16-17,19H,7-9,11-14H2,(H,26,33)/t16-,17+,19?/m1/s1. The SMILES string of the molecule is O=C(CCC1NC(=O)N(Cc2cccc(Cl)c2)C1=O)N1C[C@H]2C[C@@H](C1)c1cccc(=O)n1C2. The molecule has 2 saturated heterocycles. The van der Waals surface area contributed by atoms with E-state index in [0.717, 1.165) is 17.7 Å². The fourth-order valence-corrected chi connectivity index (χ4v) is 5.48. The highest BCUT2D eigenvalue weighted by Crippen LogP contribution is 2.35. The monoisotopic (exact) mass is 468 g/mol. The lowest BCUT2D eigenvalue weighted by atomic mass is 9.83. The van der Waals surface area contributed by atoms with E-state index in [0.29, 0.717) is 24.7 Å². The number of piperidine rings is 1. The second-order valence-corrected chi connectivity index (χ2v) is 9.53. The lowest BCUT2D eigenvalue weighted by molar-refractivity contribution is -0.134. The second-order valence-electron chi connectivity index (χ2n) is 9.09. The van der Waals surface area contributed by atoms with Crippen LogP contribution < -0.4 is 10.9 Å². The molecule has 1 aromatic carbocycles. The minimum absolute atomic E-state index is 0.0137. The lowest BCUT2D eigenvalue weighted by Gasteiger charge is -2.42. The molecule has 1 N–H and O–H groups in total. The third-order valence-corrected chi connectivity index (χ3v) is 7.05. The van der Waals surface area contributed by atoms with Crippen LogP contribution in [0.25, 0.3) is 0 Å². The number of halogens is 1. The van der Waals surface area contributed by atoms with Crippen LogP contribution >= 0.6 is 11.6 Å². The van der Waals surface area contributed by atoms with Crippen LogP contribution in [0.15, 0.2) is 47.3 Å². The van der Waals surface area contributed by atoms with Crippen molar-refractivity contribution >= 4 is 29.4 Å². The van der Waals surface area contributed by atoms with E-state index >= 15 is 0 Å². The van der Waals surface area contributed by atoms with Gasteiger partial charge in [0.05, 0.1) is 6.54 Å². The number of hydrogen-bond acceptors (Lipinski definition) is 4. The Morgan fingerprint density at radius 1 is 1.06 bits per heavy atom. The third kappa shape index (κ3) is 4.27. The van der Waals surface area contributed by atoms with Crippen LogP contribution in [-0.4, -0.2) is 51.3 Å². The van der Waals surface area contributed by atoms with Gasteiger partial charge in [-0.2, -0.15) is 0 Å². The fraction of sp³-hybridized carbons (Fsp3) is 0.417. The second kappa shape index (κ2) is 8.67. The molecule has 2 aromatic rings. The number of nitrogens with zero attached hydrogens (tertiary/aromatic N) is 3. The molecule has 0 radical (unpaired) electrons. The molecule has 33 heavy (non-hydrogen) atoms. The zero-order valence-corrected chi connectivity index (χ0v) is 18.8. The van der Waals surface area contributed by atoms with Crippen molar-refractivity contribution in [1.82, 2.24) is 19.7 Å². The van der Waals surface area contributed by atoms with Gasteiger partial charge in [0, 0.05) is 48.8 Å². The van der Waals surface area contributed by atoms with Gasteiger partial charge >= 0.3 is 6.03 Å². The van der Waals surface area contributed by atoms with Crippen molar-refractivity contribution in [1.29, 1.82) is 0 Å². The number of urea groups is 1. The molecule has 5 rings (SSSR count). The molecule has 3 atom stereocenters. The van der Waals surface area contributed by atoms with Gasteiger partial charge in [-0.25, -0.2) is 4.79 Å². The number of carbonyl (C=O) groups excluding carboxylic acids is 3. The highest BCUT2D eigenvalue weighted by molar-refractivity contribution is 6.30. The van der Waals surface area contributed by atoms with E-state index < -0.39 is 12.1 Å². The Kier molecular flexibility index (Phi) is 5.70. The number of benzene rings is 1. The predicted molar refractivity (Wildman–Crippen MR) is 122 cm³/mol. The van der Waals surface area contributed by atoms with E-state index in [9.17, 15) is 19.2 Å². The summed E-state index contributed by atoms with van der Waals surface area (Å²) >= 11 is 6.00. The Morgan fingerprint density at radius 2 is 1.88 bits per heavy atom. The molecule has 0 spiro atoms. The first kappa shape index (κ1) is 21.7. The summed E-state index contributed by atoms with van der Waals surface area (Å²) in [5.74, 6) is 0.0565. The van der Waals surface area contributed by atoms with Crippen LogP contribution in [0.4, 0.5) is 4.79 Å². The topological polar surface area (TPSA) is 91.7 Å². The molecule has 0 saturated carbocycles. The summed E-state index contributed by atoms with van der Waals surface area (Å²) in [4.78, 5) is 53.3. The average Bonchev–Trinajstić information content (AvgIpc) is 3.05.